The van der Waals surface area contributed by atoms with Crippen LogP contribution in [0.2, 0.25) is 0 Å². The molecule has 1 saturated carbocycles. The highest BCUT2D eigenvalue weighted by Crippen LogP contribution is 2.37. The molecule has 3 heteroatoms. The predicted octanol–water partition coefficient (Wildman–Crippen LogP) is 1.01. The molecule has 1 fully saturated rings. The first-order valence-electron chi connectivity index (χ1n) is 4.43. The Morgan fingerprint density at radius 1 is 1.67 bits per heavy atom. The molecule has 12 heavy (non-hydrogen) atoms. The molecule has 0 bridgehead atoms. The van der Waals surface area contributed by atoms with E-state index in [1.165, 1.54) is 12.8 Å². The zero-order valence-electron chi connectivity index (χ0n) is 7.65. The second-order valence-electron chi connectivity index (χ2n) is 3.72. The Labute approximate surface area is 72.6 Å². The van der Waals surface area contributed by atoms with Crippen molar-refractivity contribution in [2.45, 2.75) is 31.7 Å². The lowest BCUT2D eigenvalue weighted by atomic mass is 10.2. The minimum absolute atomic E-state index is 0.365. The fourth-order valence-electron chi connectivity index (χ4n) is 1.54. The Balaban J connectivity index is 2.04. The number of likely N-dealkylation sites (N-methyl/N-ethyl adjacent to an activating group) is 1. The molecule has 0 radical (unpaired) electrons. The number of aromatic nitrogens is 2. The third-order valence-corrected chi connectivity index (χ3v) is 2.65. The summed E-state index contributed by atoms with van der Waals surface area (Å²) in [5.74, 6) is 1.11. The molecule has 2 rings (SSSR count). The number of H-pyrrole nitrogens is 1. The summed E-state index contributed by atoms with van der Waals surface area (Å²) in [6.07, 6.45) is 5.49. The van der Waals surface area contributed by atoms with Crippen LogP contribution in [0.25, 0.3) is 0 Å². The van der Waals surface area contributed by atoms with Gasteiger partial charge < -0.3 is 10.3 Å². The van der Waals surface area contributed by atoms with Crippen molar-refractivity contribution in [1.82, 2.24) is 15.3 Å². The Bertz CT molecular complexity index is 273. The number of imidazole rings is 1. The lowest BCUT2D eigenvalue weighted by molar-refractivity contribution is 0.536. The second-order valence-corrected chi connectivity index (χ2v) is 3.72. The van der Waals surface area contributed by atoms with Gasteiger partial charge in [-0.25, -0.2) is 4.98 Å². The molecule has 2 N–H and O–H groups in total. The van der Waals surface area contributed by atoms with Crippen molar-refractivity contribution in [1.29, 1.82) is 0 Å². The molecule has 1 aliphatic carbocycles. The lowest BCUT2D eigenvalue weighted by Gasteiger charge is -2.10. The van der Waals surface area contributed by atoms with Gasteiger partial charge in [-0.15, -0.1) is 0 Å². The third kappa shape index (κ3) is 1.37. The number of aromatic amines is 1. The largest absolute Gasteiger partial charge is 0.346 e. The Morgan fingerprint density at radius 2 is 2.42 bits per heavy atom. The Morgan fingerprint density at radius 3 is 2.83 bits per heavy atom. The molecule has 0 atom stereocenters. The van der Waals surface area contributed by atoms with Gasteiger partial charge in [0.2, 0.25) is 0 Å². The van der Waals surface area contributed by atoms with Crippen LogP contribution in [0.5, 0.6) is 0 Å². The van der Waals surface area contributed by atoms with Gasteiger partial charge >= 0.3 is 0 Å². The molecular weight excluding hydrogens is 150 g/mol. The van der Waals surface area contributed by atoms with Gasteiger partial charge in [0.15, 0.2) is 0 Å². The monoisotopic (exact) mass is 165 g/mol. The van der Waals surface area contributed by atoms with Crippen LogP contribution in [0.15, 0.2) is 6.20 Å². The van der Waals surface area contributed by atoms with E-state index in [1.807, 2.05) is 20.2 Å². The van der Waals surface area contributed by atoms with Crippen molar-refractivity contribution in [3.8, 4) is 0 Å². The smallest absolute Gasteiger partial charge is 0.108 e. The van der Waals surface area contributed by atoms with Crippen LogP contribution in [-0.4, -0.2) is 22.6 Å². The van der Waals surface area contributed by atoms with Crippen LogP contribution in [0.4, 0.5) is 0 Å². The topological polar surface area (TPSA) is 40.7 Å². The van der Waals surface area contributed by atoms with Crippen molar-refractivity contribution in [3.63, 3.8) is 0 Å². The Hall–Kier alpha value is -0.830. The van der Waals surface area contributed by atoms with Gasteiger partial charge in [0.25, 0.3) is 0 Å². The van der Waals surface area contributed by atoms with E-state index in [0.29, 0.717) is 5.54 Å². The van der Waals surface area contributed by atoms with Crippen LogP contribution in [0, 0.1) is 6.92 Å². The molecular formula is C9H15N3. The SMILES string of the molecule is CNC1(Cc2ncc(C)[nH]2)CC1. The minimum Gasteiger partial charge on any atom is -0.346 e. The van der Waals surface area contributed by atoms with Crippen molar-refractivity contribution in [3.05, 3.63) is 17.7 Å². The predicted molar refractivity (Wildman–Crippen MR) is 48.1 cm³/mol. The van der Waals surface area contributed by atoms with E-state index < -0.39 is 0 Å². The van der Waals surface area contributed by atoms with Crippen LogP contribution in [0.1, 0.15) is 24.4 Å². The summed E-state index contributed by atoms with van der Waals surface area (Å²) in [6, 6.07) is 0. The van der Waals surface area contributed by atoms with E-state index >= 15 is 0 Å². The molecule has 3 nitrogen and oxygen atoms in total. The fraction of sp³-hybridized carbons (Fsp3) is 0.667. The summed E-state index contributed by atoms with van der Waals surface area (Å²) in [6.45, 7) is 2.04. The van der Waals surface area contributed by atoms with E-state index in [-0.39, 0.29) is 0 Å². The maximum absolute atomic E-state index is 4.29. The van der Waals surface area contributed by atoms with Crippen LogP contribution in [0.3, 0.4) is 0 Å². The maximum atomic E-state index is 4.29. The molecule has 0 unspecified atom stereocenters. The summed E-state index contributed by atoms with van der Waals surface area (Å²) < 4.78 is 0. The van der Waals surface area contributed by atoms with Gasteiger partial charge in [-0.05, 0) is 26.8 Å². The van der Waals surface area contributed by atoms with Gasteiger partial charge in [-0.1, -0.05) is 0 Å². The zero-order chi connectivity index (χ0) is 8.60. The number of rotatable bonds is 3. The third-order valence-electron chi connectivity index (χ3n) is 2.65. The number of nitrogens with zero attached hydrogens (tertiary/aromatic N) is 1. The molecule has 66 valence electrons. The van der Waals surface area contributed by atoms with Gasteiger partial charge in [-0.3, -0.25) is 0 Å². The molecule has 0 saturated heterocycles. The molecule has 0 spiro atoms. The average molecular weight is 165 g/mol. The number of hydrogen-bond acceptors (Lipinski definition) is 2. The first-order chi connectivity index (χ1) is 5.74. The van der Waals surface area contributed by atoms with E-state index in [4.69, 9.17) is 0 Å². The highest BCUT2D eigenvalue weighted by Gasteiger charge is 2.41. The summed E-state index contributed by atoms with van der Waals surface area (Å²) in [7, 11) is 2.03. The summed E-state index contributed by atoms with van der Waals surface area (Å²) >= 11 is 0. The second kappa shape index (κ2) is 2.59. The van der Waals surface area contributed by atoms with Crippen LogP contribution in [-0.2, 0) is 6.42 Å². The van der Waals surface area contributed by atoms with E-state index in [9.17, 15) is 0 Å². The molecule has 1 aromatic heterocycles. The molecule has 1 aromatic rings. The summed E-state index contributed by atoms with van der Waals surface area (Å²) in [5, 5.41) is 3.35. The summed E-state index contributed by atoms with van der Waals surface area (Å²) in [4.78, 5) is 7.55. The van der Waals surface area contributed by atoms with E-state index in [2.05, 4.69) is 15.3 Å². The van der Waals surface area contributed by atoms with Gasteiger partial charge in [0.1, 0.15) is 5.82 Å². The maximum Gasteiger partial charge on any atom is 0.108 e. The Kier molecular flexibility index (Phi) is 1.68. The van der Waals surface area contributed by atoms with Crippen molar-refractivity contribution < 1.29 is 0 Å². The normalized spacial score (nSPS) is 19.5. The van der Waals surface area contributed by atoms with Gasteiger partial charge in [-0.2, -0.15) is 0 Å². The van der Waals surface area contributed by atoms with Crippen LogP contribution >= 0.6 is 0 Å². The van der Waals surface area contributed by atoms with Crippen molar-refractivity contribution in [2.24, 2.45) is 0 Å². The number of hydrogen-bond donors (Lipinski definition) is 2. The van der Waals surface area contributed by atoms with Crippen molar-refractivity contribution >= 4 is 0 Å². The highest BCUT2D eigenvalue weighted by atomic mass is 15.0. The summed E-state index contributed by atoms with van der Waals surface area (Å²) in [5.41, 5.74) is 1.52. The van der Waals surface area contributed by atoms with Gasteiger partial charge in [0.05, 0.1) is 0 Å². The number of nitrogens with one attached hydrogen (secondary N) is 2. The zero-order valence-corrected chi connectivity index (χ0v) is 7.65. The fourth-order valence-corrected chi connectivity index (χ4v) is 1.54. The van der Waals surface area contributed by atoms with E-state index in [0.717, 1.165) is 17.9 Å². The molecule has 0 aromatic carbocycles. The highest BCUT2D eigenvalue weighted by molar-refractivity contribution is 5.10. The average Bonchev–Trinajstić information content (AvgIpc) is 2.71. The molecule has 0 aliphatic heterocycles. The lowest BCUT2D eigenvalue weighted by Crippen LogP contribution is -2.29. The first-order valence-corrected chi connectivity index (χ1v) is 4.43. The van der Waals surface area contributed by atoms with Crippen LogP contribution < -0.4 is 5.32 Å². The van der Waals surface area contributed by atoms with Crippen molar-refractivity contribution in [2.75, 3.05) is 7.05 Å². The van der Waals surface area contributed by atoms with Gasteiger partial charge in [0, 0.05) is 23.9 Å². The first kappa shape index (κ1) is 7.80. The van der Waals surface area contributed by atoms with E-state index in [1.54, 1.807) is 0 Å². The number of aryl methyl sites for hydroxylation is 1. The minimum atomic E-state index is 0.365. The molecule has 0 amide bonds. The molecule has 1 heterocycles. The quantitative estimate of drug-likeness (QED) is 0.702. The molecule has 1 aliphatic rings. The standard InChI is InChI=1S/C9H15N3/c1-7-6-11-8(12-7)5-9(10-2)3-4-9/h6,10H,3-5H2,1-2H3,(H,11,12).